The fourth-order valence-electron chi connectivity index (χ4n) is 3.83. The predicted molar refractivity (Wildman–Crippen MR) is 117 cm³/mol. The summed E-state index contributed by atoms with van der Waals surface area (Å²) < 4.78 is 26.6. The Kier molecular flexibility index (Phi) is 5.18. The molecule has 0 atom stereocenters. The average molecular weight is 454 g/mol. The van der Waals surface area contributed by atoms with Crippen LogP contribution in [0.5, 0.6) is 0 Å². The van der Waals surface area contributed by atoms with Crippen LogP contribution in [0.2, 0.25) is 0 Å². The van der Waals surface area contributed by atoms with Crippen molar-refractivity contribution < 1.29 is 18.0 Å². The second kappa shape index (κ2) is 8.03. The zero-order valence-electron chi connectivity index (χ0n) is 17.3. The van der Waals surface area contributed by atoms with Gasteiger partial charge in [0.2, 0.25) is 10.0 Å². The maximum Gasteiger partial charge on any atom is 0.269 e. The van der Waals surface area contributed by atoms with Crippen molar-refractivity contribution in [1.29, 1.82) is 0 Å². The number of aromatic amines is 1. The summed E-state index contributed by atoms with van der Waals surface area (Å²) in [5.74, 6) is 0.426. The van der Waals surface area contributed by atoms with Gasteiger partial charge in [0.25, 0.3) is 11.8 Å². The number of carbonyl (C=O) groups excluding carboxylic acids is 2. The van der Waals surface area contributed by atoms with E-state index in [9.17, 15) is 18.0 Å². The third-order valence-electron chi connectivity index (χ3n) is 5.84. The third kappa shape index (κ3) is 3.98. The summed E-state index contributed by atoms with van der Waals surface area (Å²) in [5, 5.41) is 0. The number of rotatable bonds is 5. The highest BCUT2D eigenvalue weighted by Gasteiger charge is 2.28. The normalized spacial score (nSPS) is 16.9. The average Bonchev–Trinajstić information content (AvgIpc) is 3.32. The summed E-state index contributed by atoms with van der Waals surface area (Å²) in [6.45, 7) is 1.03. The van der Waals surface area contributed by atoms with E-state index in [4.69, 9.17) is 0 Å². The summed E-state index contributed by atoms with van der Waals surface area (Å²) >= 11 is 0. The van der Waals surface area contributed by atoms with Gasteiger partial charge in [-0.05, 0) is 68.1 Å². The van der Waals surface area contributed by atoms with Crippen molar-refractivity contribution in [1.82, 2.24) is 25.1 Å². The van der Waals surface area contributed by atoms with Gasteiger partial charge in [-0.2, -0.15) is 4.31 Å². The number of amides is 2. The Bertz CT molecular complexity index is 1290. The SMILES string of the molecule is O=C(NNC(=O)c1ccc2nc(C3CC3)[nH]c2c1)c1ccc(S(=O)(=O)N2CCCC2)cc1. The van der Waals surface area contributed by atoms with E-state index in [1.807, 2.05) is 0 Å². The fraction of sp³-hybridized carbons (Fsp3) is 0.318. The lowest BCUT2D eigenvalue weighted by molar-refractivity contribution is 0.0846. The maximum atomic E-state index is 12.6. The summed E-state index contributed by atoms with van der Waals surface area (Å²) in [6, 6.07) is 10.8. The molecule has 2 aromatic carbocycles. The van der Waals surface area contributed by atoms with E-state index in [1.54, 1.807) is 18.2 Å². The second-order valence-corrected chi connectivity index (χ2v) is 10.1. The Balaban J connectivity index is 1.22. The van der Waals surface area contributed by atoms with Gasteiger partial charge in [-0.25, -0.2) is 13.4 Å². The molecule has 10 heteroatoms. The van der Waals surface area contributed by atoms with Crippen molar-refractivity contribution in [2.24, 2.45) is 0 Å². The number of fused-ring (bicyclic) bond motifs is 1. The number of hydrogen-bond donors (Lipinski definition) is 3. The molecule has 2 amide bonds. The van der Waals surface area contributed by atoms with Crippen LogP contribution in [0.3, 0.4) is 0 Å². The van der Waals surface area contributed by atoms with Crippen molar-refractivity contribution in [3.8, 4) is 0 Å². The molecule has 5 rings (SSSR count). The zero-order valence-corrected chi connectivity index (χ0v) is 18.1. The quantitative estimate of drug-likeness (QED) is 0.512. The molecule has 1 aromatic heterocycles. The number of hydrogen-bond acceptors (Lipinski definition) is 5. The van der Waals surface area contributed by atoms with Gasteiger partial charge in [-0.3, -0.25) is 20.4 Å². The van der Waals surface area contributed by atoms with Gasteiger partial charge in [-0.1, -0.05) is 0 Å². The first-order valence-corrected chi connectivity index (χ1v) is 12.1. The number of hydrazine groups is 1. The zero-order chi connectivity index (χ0) is 22.3. The molecule has 2 fully saturated rings. The Hall–Kier alpha value is -3.24. The van der Waals surface area contributed by atoms with Crippen LogP contribution >= 0.6 is 0 Å². The van der Waals surface area contributed by atoms with Crippen molar-refractivity contribution in [3.05, 3.63) is 59.4 Å². The first-order chi connectivity index (χ1) is 15.4. The lowest BCUT2D eigenvalue weighted by Gasteiger charge is -2.15. The summed E-state index contributed by atoms with van der Waals surface area (Å²) in [6.07, 6.45) is 3.97. The maximum absolute atomic E-state index is 12.6. The van der Waals surface area contributed by atoms with Gasteiger partial charge in [0, 0.05) is 30.1 Å². The van der Waals surface area contributed by atoms with Crippen LogP contribution < -0.4 is 10.9 Å². The van der Waals surface area contributed by atoms with E-state index in [2.05, 4.69) is 20.8 Å². The van der Waals surface area contributed by atoms with Crippen LogP contribution in [0.15, 0.2) is 47.4 Å². The second-order valence-electron chi connectivity index (χ2n) is 8.17. The van der Waals surface area contributed by atoms with Gasteiger partial charge < -0.3 is 4.98 Å². The summed E-state index contributed by atoms with van der Waals surface area (Å²) in [5.41, 5.74) is 6.97. The minimum atomic E-state index is -3.54. The first-order valence-electron chi connectivity index (χ1n) is 10.6. The van der Waals surface area contributed by atoms with Crippen LogP contribution in [0.25, 0.3) is 11.0 Å². The van der Waals surface area contributed by atoms with E-state index in [-0.39, 0.29) is 10.5 Å². The number of imidazole rings is 1. The minimum Gasteiger partial charge on any atom is -0.342 e. The lowest BCUT2D eigenvalue weighted by atomic mass is 10.2. The molecule has 3 N–H and O–H groups in total. The molecular formula is C22H23N5O4S. The van der Waals surface area contributed by atoms with Crippen molar-refractivity contribution >= 4 is 32.9 Å². The lowest BCUT2D eigenvalue weighted by Crippen LogP contribution is -2.41. The van der Waals surface area contributed by atoms with E-state index < -0.39 is 21.8 Å². The molecule has 1 saturated carbocycles. The van der Waals surface area contributed by atoms with Gasteiger partial charge in [0.1, 0.15) is 5.82 Å². The molecule has 1 saturated heterocycles. The third-order valence-corrected chi connectivity index (χ3v) is 7.75. The molecule has 0 unspecified atom stereocenters. The van der Waals surface area contributed by atoms with Gasteiger partial charge in [-0.15, -0.1) is 0 Å². The number of benzene rings is 2. The molecule has 1 aliphatic heterocycles. The Labute approximate surface area is 185 Å². The number of H-pyrrole nitrogens is 1. The standard InChI is InChI=1S/C22H23N5O4S/c28-21(15-5-8-17(9-6-15)32(30,31)27-11-1-2-12-27)25-26-22(29)16-7-10-18-19(13-16)24-20(23-18)14-3-4-14/h5-10,13-14H,1-4,11-12H2,(H,23,24)(H,25,28)(H,26,29). The topological polar surface area (TPSA) is 124 Å². The first kappa shape index (κ1) is 20.7. The summed E-state index contributed by atoms with van der Waals surface area (Å²) in [7, 11) is -3.54. The molecule has 1 aliphatic carbocycles. The van der Waals surface area contributed by atoms with E-state index >= 15 is 0 Å². The van der Waals surface area contributed by atoms with Crippen molar-refractivity contribution in [2.75, 3.05) is 13.1 Å². The molecule has 2 heterocycles. The van der Waals surface area contributed by atoms with Crippen LogP contribution in [-0.2, 0) is 10.0 Å². The Morgan fingerprint density at radius 1 is 0.938 bits per heavy atom. The number of sulfonamides is 1. The number of nitrogens with one attached hydrogen (secondary N) is 3. The molecule has 9 nitrogen and oxygen atoms in total. The number of nitrogens with zero attached hydrogens (tertiary/aromatic N) is 2. The highest BCUT2D eigenvalue weighted by molar-refractivity contribution is 7.89. The van der Waals surface area contributed by atoms with Gasteiger partial charge in [0.05, 0.1) is 15.9 Å². The van der Waals surface area contributed by atoms with Gasteiger partial charge >= 0.3 is 0 Å². The van der Waals surface area contributed by atoms with E-state index in [1.165, 1.54) is 28.6 Å². The molecule has 2 aliphatic rings. The van der Waals surface area contributed by atoms with Crippen molar-refractivity contribution in [3.63, 3.8) is 0 Å². The van der Waals surface area contributed by atoms with Crippen LogP contribution in [0.1, 0.15) is 58.1 Å². The minimum absolute atomic E-state index is 0.151. The smallest absolute Gasteiger partial charge is 0.269 e. The van der Waals surface area contributed by atoms with Crippen LogP contribution in [0, 0.1) is 0 Å². The molecule has 0 bridgehead atoms. The van der Waals surface area contributed by atoms with E-state index in [0.717, 1.165) is 42.5 Å². The number of carbonyl (C=O) groups is 2. The molecule has 166 valence electrons. The Morgan fingerprint density at radius 3 is 2.22 bits per heavy atom. The molecule has 0 radical (unpaired) electrons. The Morgan fingerprint density at radius 2 is 1.56 bits per heavy atom. The molecular weight excluding hydrogens is 430 g/mol. The number of aromatic nitrogens is 2. The van der Waals surface area contributed by atoms with Crippen LogP contribution in [0.4, 0.5) is 0 Å². The van der Waals surface area contributed by atoms with Crippen molar-refractivity contribution in [2.45, 2.75) is 36.5 Å². The van der Waals surface area contributed by atoms with Crippen LogP contribution in [-0.4, -0.2) is 47.6 Å². The molecule has 32 heavy (non-hydrogen) atoms. The fourth-order valence-corrected chi connectivity index (χ4v) is 5.35. The molecule has 3 aromatic rings. The molecule has 0 spiro atoms. The monoisotopic (exact) mass is 453 g/mol. The largest absolute Gasteiger partial charge is 0.342 e. The highest BCUT2D eigenvalue weighted by atomic mass is 32.2. The summed E-state index contributed by atoms with van der Waals surface area (Å²) in [4.78, 5) is 32.8. The predicted octanol–water partition coefficient (Wildman–Crippen LogP) is 2.30. The van der Waals surface area contributed by atoms with Gasteiger partial charge in [0.15, 0.2) is 0 Å². The highest BCUT2D eigenvalue weighted by Crippen LogP contribution is 2.39. The van der Waals surface area contributed by atoms with E-state index in [0.29, 0.717) is 24.6 Å².